The number of hydrogen-bond donors (Lipinski definition) is 1. The molecule has 7 heteroatoms. The molecule has 3 heterocycles. The molecule has 26 heavy (non-hydrogen) atoms. The van der Waals surface area contributed by atoms with E-state index in [2.05, 4.69) is 9.97 Å². The van der Waals surface area contributed by atoms with E-state index in [1.165, 1.54) is 0 Å². The first-order valence-electron chi connectivity index (χ1n) is 8.66. The van der Waals surface area contributed by atoms with E-state index >= 15 is 0 Å². The summed E-state index contributed by atoms with van der Waals surface area (Å²) >= 11 is 0. The fourth-order valence-electron chi connectivity index (χ4n) is 3.27. The largest absolute Gasteiger partial charge is 0.441 e. The molecule has 3 aromatic rings. The molecule has 1 aliphatic rings. The minimum atomic E-state index is -0.0429. The number of benzene rings is 1. The first-order chi connectivity index (χ1) is 12.6. The molecule has 0 atom stereocenters. The first-order valence-corrected chi connectivity index (χ1v) is 8.66. The molecule has 1 aliphatic heterocycles. The van der Waals surface area contributed by atoms with Gasteiger partial charge in [0.2, 0.25) is 5.91 Å². The summed E-state index contributed by atoms with van der Waals surface area (Å²) in [6.45, 7) is 3.96. The van der Waals surface area contributed by atoms with Crippen molar-refractivity contribution in [1.29, 1.82) is 0 Å². The van der Waals surface area contributed by atoms with Crippen LogP contribution in [0.1, 0.15) is 21.8 Å². The second-order valence-electron chi connectivity index (χ2n) is 6.48. The Bertz CT molecular complexity index is 937. The Kier molecular flexibility index (Phi) is 4.20. The molecule has 2 amide bonds. The van der Waals surface area contributed by atoms with Crippen LogP contribution in [0.5, 0.6) is 0 Å². The lowest BCUT2D eigenvalue weighted by Crippen LogP contribution is -2.51. The summed E-state index contributed by atoms with van der Waals surface area (Å²) in [5, 5.41) is 0. The third-order valence-corrected chi connectivity index (χ3v) is 4.68. The van der Waals surface area contributed by atoms with Gasteiger partial charge in [0.15, 0.2) is 11.5 Å². The molecule has 2 aromatic heterocycles. The van der Waals surface area contributed by atoms with Crippen molar-refractivity contribution in [2.75, 3.05) is 26.2 Å². The van der Waals surface area contributed by atoms with Crippen molar-refractivity contribution in [3.63, 3.8) is 0 Å². The molecule has 134 valence electrons. The van der Waals surface area contributed by atoms with Gasteiger partial charge in [-0.3, -0.25) is 9.59 Å². The van der Waals surface area contributed by atoms with E-state index in [1.807, 2.05) is 23.4 Å². The van der Waals surface area contributed by atoms with Crippen molar-refractivity contribution < 1.29 is 14.0 Å². The zero-order valence-corrected chi connectivity index (χ0v) is 14.6. The lowest BCUT2D eigenvalue weighted by atomic mass is 10.1. The Hall–Kier alpha value is -3.09. The van der Waals surface area contributed by atoms with Crippen LogP contribution in [0.15, 0.2) is 41.1 Å². The van der Waals surface area contributed by atoms with E-state index in [9.17, 15) is 9.59 Å². The number of fused-ring (bicyclic) bond motifs is 1. The number of nitrogens with one attached hydrogen (secondary N) is 1. The zero-order valence-electron chi connectivity index (χ0n) is 14.6. The van der Waals surface area contributed by atoms with E-state index in [4.69, 9.17) is 4.42 Å². The third kappa shape index (κ3) is 3.20. The van der Waals surface area contributed by atoms with E-state index in [-0.39, 0.29) is 11.8 Å². The lowest BCUT2D eigenvalue weighted by molar-refractivity contribution is -0.131. The van der Waals surface area contributed by atoms with Crippen LogP contribution in [0.3, 0.4) is 0 Å². The van der Waals surface area contributed by atoms with Gasteiger partial charge in [0.1, 0.15) is 5.52 Å². The number of aryl methyl sites for hydroxylation is 1. The van der Waals surface area contributed by atoms with Gasteiger partial charge in [0, 0.05) is 51.1 Å². The zero-order chi connectivity index (χ0) is 18.1. The average Bonchev–Trinajstić information content (AvgIpc) is 3.28. The highest BCUT2D eigenvalue weighted by Gasteiger charge is 2.25. The average molecular weight is 352 g/mol. The summed E-state index contributed by atoms with van der Waals surface area (Å²) in [4.78, 5) is 35.9. The fraction of sp³-hybridized carbons (Fsp3) is 0.316. The summed E-state index contributed by atoms with van der Waals surface area (Å²) in [7, 11) is 0. The molecule has 0 aliphatic carbocycles. The Morgan fingerprint density at radius 1 is 1.15 bits per heavy atom. The van der Waals surface area contributed by atoms with E-state index in [0.717, 1.165) is 11.1 Å². The number of piperazine rings is 1. The number of amides is 2. The minimum Gasteiger partial charge on any atom is -0.441 e. The van der Waals surface area contributed by atoms with E-state index in [0.29, 0.717) is 49.6 Å². The number of H-pyrrole nitrogens is 1. The van der Waals surface area contributed by atoms with Gasteiger partial charge in [-0.1, -0.05) is 0 Å². The Morgan fingerprint density at radius 2 is 1.92 bits per heavy atom. The maximum atomic E-state index is 12.7. The number of carbonyl (C=O) groups excluding carboxylic acids is 2. The van der Waals surface area contributed by atoms with Crippen molar-refractivity contribution in [2.45, 2.75) is 13.3 Å². The molecule has 1 N–H and O–H groups in total. The van der Waals surface area contributed by atoms with Crippen molar-refractivity contribution in [3.8, 4) is 0 Å². The van der Waals surface area contributed by atoms with Crippen LogP contribution >= 0.6 is 0 Å². The number of hydrogen-bond acceptors (Lipinski definition) is 4. The lowest BCUT2D eigenvalue weighted by Gasteiger charge is -2.34. The van der Waals surface area contributed by atoms with E-state index < -0.39 is 0 Å². The third-order valence-electron chi connectivity index (χ3n) is 4.68. The summed E-state index contributed by atoms with van der Waals surface area (Å²) < 4.78 is 5.51. The van der Waals surface area contributed by atoms with Crippen LogP contribution in [0, 0.1) is 6.92 Å². The van der Waals surface area contributed by atoms with Crippen LogP contribution in [0.4, 0.5) is 0 Å². The van der Waals surface area contributed by atoms with Gasteiger partial charge in [-0.05, 0) is 29.8 Å². The van der Waals surface area contributed by atoms with Crippen LogP contribution in [0.2, 0.25) is 0 Å². The maximum absolute atomic E-state index is 12.7. The van der Waals surface area contributed by atoms with Crippen molar-refractivity contribution >= 4 is 22.9 Å². The highest BCUT2D eigenvalue weighted by Crippen LogP contribution is 2.18. The van der Waals surface area contributed by atoms with Gasteiger partial charge >= 0.3 is 0 Å². The molecule has 4 rings (SSSR count). The monoisotopic (exact) mass is 352 g/mol. The molecule has 0 spiro atoms. The van der Waals surface area contributed by atoms with Gasteiger partial charge in [-0.15, -0.1) is 0 Å². The molecule has 0 bridgehead atoms. The Morgan fingerprint density at radius 3 is 2.65 bits per heavy atom. The molecule has 7 nitrogen and oxygen atoms in total. The summed E-state index contributed by atoms with van der Waals surface area (Å²) in [5.74, 6) is 0.632. The number of aromatic amines is 1. The molecule has 0 radical (unpaired) electrons. The standard InChI is InChI=1S/C19H20N4O3/c1-13-21-16-3-2-15(11-17(16)26-13)19(25)23-8-6-22(7-9-23)18(24)10-14-4-5-20-12-14/h2-5,11-12,20H,6-10H2,1H3. The van der Waals surface area contributed by atoms with E-state index in [1.54, 1.807) is 30.0 Å². The number of oxazole rings is 1. The predicted octanol–water partition coefficient (Wildman–Crippen LogP) is 1.99. The number of nitrogens with zero attached hydrogens (tertiary/aromatic N) is 3. The molecule has 1 saturated heterocycles. The van der Waals surface area contributed by atoms with Gasteiger partial charge in [0.05, 0.1) is 6.42 Å². The molecule has 0 saturated carbocycles. The smallest absolute Gasteiger partial charge is 0.254 e. The highest BCUT2D eigenvalue weighted by molar-refractivity contribution is 5.97. The fourth-order valence-corrected chi connectivity index (χ4v) is 3.27. The topological polar surface area (TPSA) is 82.4 Å². The maximum Gasteiger partial charge on any atom is 0.254 e. The quantitative estimate of drug-likeness (QED) is 0.781. The second kappa shape index (κ2) is 6.67. The minimum absolute atomic E-state index is 0.0429. The predicted molar refractivity (Wildman–Crippen MR) is 95.7 cm³/mol. The summed E-state index contributed by atoms with van der Waals surface area (Å²) in [6, 6.07) is 7.21. The number of rotatable bonds is 3. The normalized spacial score (nSPS) is 14.8. The van der Waals surface area contributed by atoms with Crippen molar-refractivity contribution in [3.05, 3.63) is 53.7 Å². The van der Waals surface area contributed by atoms with Crippen molar-refractivity contribution in [1.82, 2.24) is 19.8 Å². The first kappa shape index (κ1) is 16.4. The van der Waals surface area contributed by atoms with Gasteiger partial charge in [-0.25, -0.2) is 4.98 Å². The van der Waals surface area contributed by atoms with Gasteiger partial charge < -0.3 is 19.2 Å². The molecular weight excluding hydrogens is 332 g/mol. The second-order valence-corrected chi connectivity index (χ2v) is 6.48. The summed E-state index contributed by atoms with van der Waals surface area (Å²) in [6.07, 6.45) is 4.03. The molecular formula is C19H20N4O3. The number of aromatic nitrogens is 2. The molecule has 1 aromatic carbocycles. The summed E-state index contributed by atoms with van der Waals surface area (Å²) in [5.41, 5.74) is 2.93. The highest BCUT2D eigenvalue weighted by atomic mass is 16.3. The van der Waals surface area contributed by atoms with Crippen molar-refractivity contribution in [2.24, 2.45) is 0 Å². The number of carbonyl (C=O) groups is 2. The van der Waals surface area contributed by atoms with Crippen LogP contribution in [-0.4, -0.2) is 57.8 Å². The molecule has 1 fully saturated rings. The van der Waals surface area contributed by atoms with Crippen LogP contribution in [0.25, 0.3) is 11.1 Å². The Balaban J connectivity index is 1.38. The Labute approximate surface area is 150 Å². The van der Waals surface area contributed by atoms with Gasteiger partial charge in [0.25, 0.3) is 5.91 Å². The van der Waals surface area contributed by atoms with Crippen LogP contribution in [-0.2, 0) is 11.2 Å². The van der Waals surface area contributed by atoms with Crippen LogP contribution < -0.4 is 0 Å². The van der Waals surface area contributed by atoms with Gasteiger partial charge in [-0.2, -0.15) is 0 Å². The molecule has 0 unspecified atom stereocenters. The SMILES string of the molecule is Cc1nc2ccc(C(=O)N3CCN(C(=O)Cc4cc[nH]c4)CC3)cc2o1.